The first kappa shape index (κ1) is 7.96. The minimum atomic E-state index is -0.0738. The molecular formula is C10H5NOS. The first-order valence-corrected chi connectivity index (χ1v) is 4.56. The molecule has 0 N–H and O–H groups in total. The van der Waals surface area contributed by atoms with E-state index in [1.54, 1.807) is 0 Å². The van der Waals surface area contributed by atoms with E-state index < -0.39 is 0 Å². The Morgan fingerprint density at radius 3 is 2.85 bits per heavy atom. The molecule has 13 heavy (non-hydrogen) atoms. The molecule has 0 radical (unpaired) electrons. The molecule has 2 aromatic rings. The monoisotopic (exact) mass is 187 g/mol. The van der Waals surface area contributed by atoms with E-state index in [2.05, 4.69) is 0 Å². The fraction of sp³-hybridized carbons (Fsp3) is 0. The molecule has 3 heteroatoms. The average molecular weight is 187 g/mol. The molecule has 0 spiro atoms. The standard InChI is InChI=1S/C10H5NOS/c11-6-7-5-10(12)13-9-4-2-1-3-8(7)9/h1-5H. The zero-order valence-corrected chi connectivity index (χ0v) is 7.47. The van der Waals surface area contributed by atoms with Gasteiger partial charge in [-0.1, -0.05) is 29.5 Å². The van der Waals surface area contributed by atoms with E-state index in [-0.39, 0.29) is 4.74 Å². The van der Waals surface area contributed by atoms with Crippen LogP contribution in [0.1, 0.15) is 5.56 Å². The second-order valence-electron chi connectivity index (χ2n) is 2.59. The van der Waals surface area contributed by atoms with Crippen molar-refractivity contribution in [3.8, 4) is 6.07 Å². The summed E-state index contributed by atoms with van der Waals surface area (Å²) < 4.78 is 0.793. The van der Waals surface area contributed by atoms with Gasteiger partial charge in [0.15, 0.2) is 0 Å². The number of fused-ring (bicyclic) bond motifs is 1. The third-order valence-electron chi connectivity index (χ3n) is 1.77. The number of rotatable bonds is 0. The molecule has 0 aliphatic rings. The van der Waals surface area contributed by atoms with Gasteiger partial charge in [-0.2, -0.15) is 5.26 Å². The molecule has 0 amide bonds. The first-order chi connectivity index (χ1) is 6.31. The summed E-state index contributed by atoms with van der Waals surface area (Å²) in [6.45, 7) is 0. The molecule has 1 aromatic carbocycles. The van der Waals surface area contributed by atoms with Crippen LogP contribution in [0.15, 0.2) is 35.1 Å². The predicted molar refractivity (Wildman–Crippen MR) is 52.8 cm³/mol. The predicted octanol–water partition coefficient (Wildman–Crippen LogP) is 2.13. The smallest absolute Gasteiger partial charge is 0.234 e. The van der Waals surface area contributed by atoms with Gasteiger partial charge in [0.05, 0.1) is 11.6 Å². The van der Waals surface area contributed by atoms with Crippen LogP contribution in [0.25, 0.3) is 10.1 Å². The highest BCUT2D eigenvalue weighted by atomic mass is 32.1. The highest BCUT2D eigenvalue weighted by Crippen LogP contribution is 2.18. The van der Waals surface area contributed by atoms with Crippen LogP contribution in [0.4, 0.5) is 0 Å². The molecule has 0 atom stereocenters. The minimum Gasteiger partial charge on any atom is -0.278 e. The Bertz CT molecular complexity index is 551. The van der Waals surface area contributed by atoms with Gasteiger partial charge in [0, 0.05) is 16.2 Å². The van der Waals surface area contributed by atoms with E-state index in [9.17, 15) is 4.79 Å². The summed E-state index contributed by atoms with van der Waals surface area (Å²) in [4.78, 5) is 11.1. The van der Waals surface area contributed by atoms with E-state index in [1.165, 1.54) is 6.07 Å². The van der Waals surface area contributed by atoms with Crippen molar-refractivity contribution in [3.05, 3.63) is 45.4 Å². The number of hydrogen-bond acceptors (Lipinski definition) is 3. The van der Waals surface area contributed by atoms with E-state index in [4.69, 9.17) is 5.26 Å². The van der Waals surface area contributed by atoms with Crippen LogP contribution in [-0.2, 0) is 0 Å². The van der Waals surface area contributed by atoms with Crippen molar-refractivity contribution < 1.29 is 0 Å². The van der Waals surface area contributed by atoms with Gasteiger partial charge in [-0.05, 0) is 6.07 Å². The van der Waals surface area contributed by atoms with Crippen LogP contribution in [0.5, 0.6) is 0 Å². The Labute approximate surface area is 78.7 Å². The number of hydrogen-bond donors (Lipinski definition) is 0. The number of nitriles is 1. The van der Waals surface area contributed by atoms with Gasteiger partial charge in [-0.3, -0.25) is 4.79 Å². The number of benzene rings is 1. The summed E-state index contributed by atoms with van der Waals surface area (Å²) in [6.07, 6.45) is 0. The van der Waals surface area contributed by atoms with Crippen molar-refractivity contribution in [2.24, 2.45) is 0 Å². The summed E-state index contributed by atoms with van der Waals surface area (Å²) in [5.41, 5.74) is 0.458. The second-order valence-corrected chi connectivity index (χ2v) is 3.63. The van der Waals surface area contributed by atoms with Crippen molar-refractivity contribution in [1.29, 1.82) is 5.26 Å². The van der Waals surface area contributed by atoms with Crippen LogP contribution in [-0.4, -0.2) is 0 Å². The second kappa shape index (κ2) is 3.00. The fourth-order valence-corrected chi connectivity index (χ4v) is 2.03. The highest BCUT2D eigenvalue weighted by molar-refractivity contribution is 7.16. The Balaban J connectivity index is 3.00. The molecule has 2 nitrogen and oxygen atoms in total. The van der Waals surface area contributed by atoms with Gasteiger partial charge < -0.3 is 0 Å². The molecule has 0 fully saturated rings. The highest BCUT2D eigenvalue weighted by Gasteiger charge is 2.01. The maximum Gasteiger partial charge on any atom is 0.234 e. The Morgan fingerprint density at radius 2 is 2.08 bits per heavy atom. The van der Waals surface area contributed by atoms with E-state index in [1.807, 2.05) is 30.3 Å². The lowest BCUT2D eigenvalue weighted by Gasteiger charge is -1.95. The normalized spacial score (nSPS) is 9.77. The Kier molecular flexibility index (Phi) is 1.84. The van der Waals surface area contributed by atoms with Crippen molar-refractivity contribution in [2.45, 2.75) is 0 Å². The van der Waals surface area contributed by atoms with Gasteiger partial charge in [0.25, 0.3) is 0 Å². The molecule has 0 aliphatic carbocycles. The molecule has 0 unspecified atom stereocenters. The molecule has 2 rings (SSSR count). The summed E-state index contributed by atoms with van der Waals surface area (Å²) in [7, 11) is 0. The molecular weight excluding hydrogens is 182 g/mol. The Hall–Kier alpha value is -1.66. The topological polar surface area (TPSA) is 40.9 Å². The summed E-state index contributed by atoms with van der Waals surface area (Å²) in [6, 6.07) is 10.8. The molecule has 1 heterocycles. The molecule has 0 aliphatic heterocycles. The van der Waals surface area contributed by atoms with Crippen LogP contribution >= 0.6 is 11.3 Å². The first-order valence-electron chi connectivity index (χ1n) is 3.74. The molecule has 62 valence electrons. The van der Waals surface area contributed by atoms with Gasteiger partial charge in [-0.25, -0.2) is 0 Å². The van der Waals surface area contributed by atoms with Crippen LogP contribution in [0, 0.1) is 11.3 Å². The average Bonchev–Trinajstić information content (AvgIpc) is 2.16. The SMILES string of the molecule is N#Cc1cc(=O)sc2ccccc12. The van der Waals surface area contributed by atoms with Crippen molar-refractivity contribution in [2.75, 3.05) is 0 Å². The largest absolute Gasteiger partial charge is 0.278 e. The lowest BCUT2D eigenvalue weighted by Crippen LogP contribution is -1.93. The molecule has 1 aromatic heterocycles. The van der Waals surface area contributed by atoms with E-state index >= 15 is 0 Å². The molecule has 0 saturated heterocycles. The van der Waals surface area contributed by atoms with E-state index in [0.717, 1.165) is 21.4 Å². The van der Waals surface area contributed by atoms with Crippen molar-refractivity contribution in [3.63, 3.8) is 0 Å². The summed E-state index contributed by atoms with van der Waals surface area (Å²) >= 11 is 1.16. The maximum atomic E-state index is 11.1. The lowest BCUT2D eigenvalue weighted by molar-refractivity contribution is 1.50. The lowest BCUT2D eigenvalue weighted by atomic mass is 10.2. The maximum absolute atomic E-state index is 11.1. The molecule has 0 saturated carbocycles. The van der Waals surface area contributed by atoms with Gasteiger partial charge in [0.1, 0.15) is 0 Å². The van der Waals surface area contributed by atoms with Crippen molar-refractivity contribution >= 4 is 21.4 Å². The van der Waals surface area contributed by atoms with Crippen LogP contribution < -0.4 is 4.74 Å². The minimum absolute atomic E-state index is 0.0738. The zero-order valence-electron chi connectivity index (χ0n) is 6.65. The quantitative estimate of drug-likeness (QED) is 0.634. The number of nitrogens with zero attached hydrogens (tertiary/aromatic N) is 1. The zero-order chi connectivity index (χ0) is 9.26. The van der Waals surface area contributed by atoms with Gasteiger partial charge in [0.2, 0.25) is 4.74 Å². The third-order valence-corrected chi connectivity index (χ3v) is 2.67. The summed E-state index contributed by atoms with van der Waals surface area (Å²) in [5, 5.41) is 9.63. The van der Waals surface area contributed by atoms with Gasteiger partial charge >= 0.3 is 0 Å². The van der Waals surface area contributed by atoms with Crippen molar-refractivity contribution in [1.82, 2.24) is 0 Å². The van der Waals surface area contributed by atoms with Crippen LogP contribution in [0.2, 0.25) is 0 Å². The van der Waals surface area contributed by atoms with Gasteiger partial charge in [-0.15, -0.1) is 0 Å². The fourth-order valence-electron chi connectivity index (χ4n) is 1.20. The van der Waals surface area contributed by atoms with E-state index in [0.29, 0.717) is 5.56 Å². The Morgan fingerprint density at radius 1 is 1.31 bits per heavy atom. The molecule has 0 bridgehead atoms. The third kappa shape index (κ3) is 1.32. The summed E-state index contributed by atoms with van der Waals surface area (Å²) in [5.74, 6) is 0. The van der Waals surface area contributed by atoms with Crippen LogP contribution in [0.3, 0.4) is 0 Å².